The van der Waals surface area contributed by atoms with E-state index >= 15 is 0 Å². The topological polar surface area (TPSA) is 43.8 Å². The number of aromatic nitrogens is 2. The van der Waals surface area contributed by atoms with Gasteiger partial charge in [-0.2, -0.15) is 5.10 Å². The van der Waals surface area contributed by atoms with Gasteiger partial charge in [0.2, 0.25) is 0 Å². The standard InChI is InChI=1S/C13H16IN3/c1-3-4-11-12(16-17(2)13(11)15)9-5-7-10(14)8-6-9/h5-8H,3-4,15H2,1-2H3. The second-order valence-electron chi connectivity index (χ2n) is 4.09. The molecule has 17 heavy (non-hydrogen) atoms. The quantitative estimate of drug-likeness (QED) is 0.871. The summed E-state index contributed by atoms with van der Waals surface area (Å²) >= 11 is 2.30. The first-order valence-corrected chi connectivity index (χ1v) is 6.78. The van der Waals surface area contributed by atoms with E-state index in [4.69, 9.17) is 5.73 Å². The van der Waals surface area contributed by atoms with Crippen LogP contribution in [0.3, 0.4) is 0 Å². The Hall–Kier alpha value is -1.04. The Balaban J connectivity index is 2.50. The van der Waals surface area contributed by atoms with Gasteiger partial charge in [0.1, 0.15) is 5.82 Å². The number of nitrogens with zero attached hydrogens (tertiary/aromatic N) is 2. The molecule has 4 heteroatoms. The first-order chi connectivity index (χ1) is 8.13. The largest absolute Gasteiger partial charge is 0.384 e. The van der Waals surface area contributed by atoms with Gasteiger partial charge in [0.15, 0.2) is 0 Å². The van der Waals surface area contributed by atoms with Crippen LogP contribution in [0.2, 0.25) is 0 Å². The molecular formula is C13H16IN3. The van der Waals surface area contributed by atoms with Gasteiger partial charge < -0.3 is 5.73 Å². The van der Waals surface area contributed by atoms with Crippen molar-refractivity contribution in [3.8, 4) is 11.3 Å². The molecule has 1 aromatic carbocycles. The lowest BCUT2D eigenvalue weighted by Crippen LogP contribution is -1.99. The van der Waals surface area contributed by atoms with Gasteiger partial charge in [0.25, 0.3) is 0 Å². The SMILES string of the molecule is CCCc1c(-c2ccc(I)cc2)nn(C)c1N. The van der Waals surface area contributed by atoms with E-state index in [0.717, 1.165) is 35.5 Å². The van der Waals surface area contributed by atoms with E-state index in [1.165, 1.54) is 3.57 Å². The second kappa shape index (κ2) is 5.08. The molecule has 0 aliphatic rings. The zero-order chi connectivity index (χ0) is 12.4. The molecule has 0 fully saturated rings. The average Bonchev–Trinajstić information content (AvgIpc) is 2.59. The predicted octanol–water partition coefficient (Wildman–Crippen LogP) is 3.23. The lowest BCUT2D eigenvalue weighted by Gasteiger charge is -2.02. The Morgan fingerprint density at radius 3 is 2.53 bits per heavy atom. The molecule has 0 aliphatic heterocycles. The van der Waals surface area contributed by atoms with Crippen LogP contribution in [-0.4, -0.2) is 9.78 Å². The van der Waals surface area contributed by atoms with Crippen molar-refractivity contribution in [2.24, 2.45) is 7.05 Å². The molecule has 0 saturated carbocycles. The number of hydrogen-bond donors (Lipinski definition) is 1. The zero-order valence-corrected chi connectivity index (χ0v) is 12.2. The molecule has 0 saturated heterocycles. The lowest BCUT2D eigenvalue weighted by molar-refractivity contribution is 0.781. The van der Waals surface area contributed by atoms with Crippen molar-refractivity contribution in [2.45, 2.75) is 19.8 Å². The highest BCUT2D eigenvalue weighted by atomic mass is 127. The summed E-state index contributed by atoms with van der Waals surface area (Å²) in [6.07, 6.45) is 2.05. The van der Waals surface area contributed by atoms with Crippen LogP contribution in [0.25, 0.3) is 11.3 Å². The van der Waals surface area contributed by atoms with E-state index in [-0.39, 0.29) is 0 Å². The minimum absolute atomic E-state index is 0.778. The Morgan fingerprint density at radius 2 is 1.94 bits per heavy atom. The number of anilines is 1. The van der Waals surface area contributed by atoms with Crippen LogP contribution in [-0.2, 0) is 13.5 Å². The molecular weight excluding hydrogens is 325 g/mol. The number of benzene rings is 1. The molecule has 2 rings (SSSR count). The fraction of sp³-hybridized carbons (Fsp3) is 0.308. The normalized spacial score (nSPS) is 10.8. The van der Waals surface area contributed by atoms with Gasteiger partial charge in [-0.25, -0.2) is 0 Å². The van der Waals surface area contributed by atoms with Crippen LogP contribution >= 0.6 is 22.6 Å². The molecule has 0 atom stereocenters. The maximum absolute atomic E-state index is 6.06. The highest BCUT2D eigenvalue weighted by Gasteiger charge is 2.14. The summed E-state index contributed by atoms with van der Waals surface area (Å²) in [6, 6.07) is 8.39. The van der Waals surface area contributed by atoms with Crippen molar-refractivity contribution in [1.29, 1.82) is 0 Å². The molecule has 0 aliphatic carbocycles. The molecule has 0 radical (unpaired) electrons. The van der Waals surface area contributed by atoms with Gasteiger partial charge in [-0.3, -0.25) is 4.68 Å². The third-order valence-electron chi connectivity index (χ3n) is 2.81. The molecule has 1 aromatic heterocycles. The first-order valence-electron chi connectivity index (χ1n) is 5.70. The van der Waals surface area contributed by atoms with Crippen molar-refractivity contribution in [2.75, 3.05) is 5.73 Å². The Kier molecular flexibility index (Phi) is 3.71. The maximum atomic E-state index is 6.06. The number of halogens is 1. The monoisotopic (exact) mass is 341 g/mol. The van der Waals surface area contributed by atoms with Gasteiger partial charge in [0.05, 0.1) is 5.69 Å². The fourth-order valence-corrected chi connectivity index (χ4v) is 2.28. The summed E-state index contributed by atoms with van der Waals surface area (Å²) < 4.78 is 2.99. The van der Waals surface area contributed by atoms with E-state index in [1.54, 1.807) is 4.68 Å². The summed E-state index contributed by atoms with van der Waals surface area (Å²) in [5, 5.41) is 4.52. The van der Waals surface area contributed by atoms with Gasteiger partial charge in [-0.15, -0.1) is 0 Å². The van der Waals surface area contributed by atoms with Crippen molar-refractivity contribution in [3.05, 3.63) is 33.4 Å². The van der Waals surface area contributed by atoms with Crippen molar-refractivity contribution >= 4 is 28.4 Å². The maximum Gasteiger partial charge on any atom is 0.125 e. The van der Waals surface area contributed by atoms with Gasteiger partial charge >= 0.3 is 0 Å². The zero-order valence-electron chi connectivity index (χ0n) is 10.1. The van der Waals surface area contributed by atoms with Crippen LogP contribution < -0.4 is 5.73 Å². The van der Waals surface area contributed by atoms with Crippen LogP contribution in [0, 0.1) is 3.57 Å². The number of rotatable bonds is 3. The second-order valence-corrected chi connectivity index (χ2v) is 5.34. The molecule has 0 amide bonds. The van der Waals surface area contributed by atoms with E-state index in [1.807, 2.05) is 7.05 Å². The van der Waals surface area contributed by atoms with Gasteiger partial charge in [-0.1, -0.05) is 25.5 Å². The van der Waals surface area contributed by atoms with Crippen LogP contribution in [0.5, 0.6) is 0 Å². The number of nitrogens with two attached hydrogens (primary N) is 1. The highest BCUT2D eigenvalue weighted by molar-refractivity contribution is 14.1. The summed E-state index contributed by atoms with van der Waals surface area (Å²) in [5.41, 5.74) is 9.38. The number of aryl methyl sites for hydroxylation is 1. The van der Waals surface area contributed by atoms with Crippen molar-refractivity contribution in [1.82, 2.24) is 9.78 Å². The van der Waals surface area contributed by atoms with Crippen molar-refractivity contribution in [3.63, 3.8) is 0 Å². The molecule has 0 bridgehead atoms. The fourth-order valence-electron chi connectivity index (χ4n) is 1.92. The number of hydrogen-bond acceptors (Lipinski definition) is 2. The summed E-state index contributed by atoms with van der Waals surface area (Å²) in [4.78, 5) is 0. The van der Waals surface area contributed by atoms with Crippen LogP contribution in [0.4, 0.5) is 5.82 Å². The highest BCUT2D eigenvalue weighted by Crippen LogP contribution is 2.28. The first kappa shape index (κ1) is 12.4. The molecule has 0 unspecified atom stereocenters. The van der Waals surface area contributed by atoms with E-state index < -0.39 is 0 Å². The number of nitrogen functional groups attached to an aromatic ring is 1. The third-order valence-corrected chi connectivity index (χ3v) is 3.53. The Bertz CT molecular complexity index is 514. The van der Waals surface area contributed by atoms with Crippen molar-refractivity contribution < 1.29 is 0 Å². The smallest absolute Gasteiger partial charge is 0.125 e. The minimum Gasteiger partial charge on any atom is -0.384 e. The Labute approximate surface area is 115 Å². The minimum atomic E-state index is 0.778. The average molecular weight is 341 g/mol. The van der Waals surface area contributed by atoms with Crippen LogP contribution in [0.1, 0.15) is 18.9 Å². The Morgan fingerprint density at radius 1 is 1.29 bits per heavy atom. The summed E-state index contributed by atoms with van der Waals surface area (Å²) in [6.45, 7) is 2.16. The van der Waals surface area contributed by atoms with E-state index in [0.29, 0.717) is 0 Å². The molecule has 3 nitrogen and oxygen atoms in total. The van der Waals surface area contributed by atoms with Gasteiger partial charge in [-0.05, 0) is 41.1 Å². The van der Waals surface area contributed by atoms with E-state index in [2.05, 4.69) is 58.9 Å². The molecule has 1 heterocycles. The van der Waals surface area contributed by atoms with Crippen LogP contribution in [0.15, 0.2) is 24.3 Å². The van der Waals surface area contributed by atoms with E-state index in [9.17, 15) is 0 Å². The molecule has 90 valence electrons. The molecule has 2 aromatic rings. The lowest BCUT2D eigenvalue weighted by atomic mass is 10.0. The molecule has 0 spiro atoms. The van der Waals surface area contributed by atoms with Gasteiger partial charge in [0, 0.05) is 21.7 Å². The summed E-state index contributed by atoms with van der Waals surface area (Å²) in [5.74, 6) is 0.778. The predicted molar refractivity (Wildman–Crippen MR) is 79.8 cm³/mol. The molecule has 2 N–H and O–H groups in total. The summed E-state index contributed by atoms with van der Waals surface area (Å²) in [7, 11) is 1.89. The third kappa shape index (κ3) is 2.46.